The van der Waals surface area contributed by atoms with Crippen molar-refractivity contribution >= 4 is 11.8 Å². The quantitative estimate of drug-likeness (QED) is 0.719. The van der Waals surface area contributed by atoms with Gasteiger partial charge in [-0.15, -0.1) is 0 Å². The molecule has 0 bridgehead atoms. The van der Waals surface area contributed by atoms with Crippen molar-refractivity contribution in [1.82, 2.24) is 10.6 Å². The number of nitrogens with zero attached hydrogens (tertiary/aromatic N) is 1. The third-order valence-corrected chi connectivity index (χ3v) is 4.02. The number of nitriles is 1. The molecule has 1 rings (SSSR count). The van der Waals surface area contributed by atoms with Crippen molar-refractivity contribution in [3.05, 3.63) is 35.4 Å². The van der Waals surface area contributed by atoms with E-state index in [0.29, 0.717) is 17.9 Å². The van der Waals surface area contributed by atoms with Crippen molar-refractivity contribution in [1.29, 1.82) is 5.26 Å². The lowest BCUT2D eigenvalue weighted by Gasteiger charge is -2.19. The third kappa shape index (κ3) is 6.04. The van der Waals surface area contributed by atoms with Crippen LogP contribution in [0.3, 0.4) is 0 Å². The summed E-state index contributed by atoms with van der Waals surface area (Å²) < 4.78 is 0. The summed E-state index contributed by atoms with van der Waals surface area (Å²) in [5.41, 5.74) is 1.73. The second-order valence-corrected chi connectivity index (χ2v) is 6.46. The smallest absolute Gasteiger partial charge is 0.251 e. The molecule has 1 aromatic rings. The molecule has 5 nitrogen and oxygen atoms in total. The molecule has 0 aliphatic carbocycles. The SMILES string of the molecule is CCC(C)c1ccc(C(=O)N[C@@H](CC(C)C)C(=O)NCC#N)cc1. The van der Waals surface area contributed by atoms with Crippen LogP contribution < -0.4 is 10.6 Å². The van der Waals surface area contributed by atoms with Crippen molar-refractivity contribution in [3.63, 3.8) is 0 Å². The Balaban J connectivity index is 2.80. The van der Waals surface area contributed by atoms with Crippen LogP contribution in [0.4, 0.5) is 0 Å². The Labute approximate surface area is 144 Å². The fraction of sp³-hybridized carbons (Fsp3) is 0.526. The highest BCUT2D eigenvalue weighted by Crippen LogP contribution is 2.19. The first-order valence-corrected chi connectivity index (χ1v) is 8.44. The lowest BCUT2D eigenvalue weighted by atomic mass is 9.97. The molecule has 0 aliphatic rings. The molecule has 0 radical (unpaired) electrons. The van der Waals surface area contributed by atoms with Gasteiger partial charge in [0.25, 0.3) is 5.91 Å². The average molecular weight is 329 g/mol. The van der Waals surface area contributed by atoms with E-state index in [0.717, 1.165) is 6.42 Å². The van der Waals surface area contributed by atoms with E-state index in [9.17, 15) is 9.59 Å². The van der Waals surface area contributed by atoms with Gasteiger partial charge >= 0.3 is 0 Å². The molecule has 2 atom stereocenters. The van der Waals surface area contributed by atoms with Crippen LogP contribution in [0.5, 0.6) is 0 Å². The van der Waals surface area contributed by atoms with Crippen LogP contribution in [0, 0.1) is 17.2 Å². The van der Waals surface area contributed by atoms with E-state index in [1.54, 1.807) is 12.1 Å². The molecule has 0 aromatic heterocycles. The van der Waals surface area contributed by atoms with Gasteiger partial charge in [0.1, 0.15) is 12.6 Å². The lowest BCUT2D eigenvalue weighted by molar-refractivity contribution is -0.123. The first kappa shape index (κ1) is 19.7. The van der Waals surface area contributed by atoms with E-state index >= 15 is 0 Å². The molecule has 5 heteroatoms. The first-order chi connectivity index (χ1) is 11.4. The number of nitrogens with one attached hydrogen (secondary N) is 2. The van der Waals surface area contributed by atoms with Crippen LogP contribution >= 0.6 is 0 Å². The second-order valence-electron chi connectivity index (χ2n) is 6.46. The van der Waals surface area contributed by atoms with E-state index in [2.05, 4.69) is 24.5 Å². The largest absolute Gasteiger partial charge is 0.341 e. The topological polar surface area (TPSA) is 82.0 Å². The average Bonchev–Trinajstić information content (AvgIpc) is 2.57. The van der Waals surface area contributed by atoms with Crippen molar-refractivity contribution in [2.75, 3.05) is 6.54 Å². The molecule has 0 saturated carbocycles. The number of carbonyl (C=O) groups is 2. The molecule has 0 aliphatic heterocycles. The Morgan fingerprint density at radius 1 is 1.17 bits per heavy atom. The van der Waals surface area contributed by atoms with Gasteiger partial charge in [-0.2, -0.15) is 5.26 Å². The zero-order chi connectivity index (χ0) is 18.1. The molecule has 0 fully saturated rings. The van der Waals surface area contributed by atoms with Crippen molar-refractivity contribution < 1.29 is 9.59 Å². The summed E-state index contributed by atoms with van der Waals surface area (Å²) in [6, 6.07) is 8.72. The van der Waals surface area contributed by atoms with E-state index in [1.165, 1.54) is 5.56 Å². The molecule has 130 valence electrons. The van der Waals surface area contributed by atoms with Gasteiger partial charge in [-0.3, -0.25) is 9.59 Å². The fourth-order valence-corrected chi connectivity index (χ4v) is 2.39. The van der Waals surface area contributed by atoms with Gasteiger partial charge in [-0.05, 0) is 42.4 Å². The molecule has 2 N–H and O–H groups in total. The summed E-state index contributed by atoms with van der Waals surface area (Å²) in [4.78, 5) is 24.5. The van der Waals surface area contributed by atoms with Gasteiger partial charge in [-0.25, -0.2) is 0 Å². The summed E-state index contributed by atoms with van der Waals surface area (Å²) in [5, 5.41) is 13.9. The van der Waals surface area contributed by atoms with Gasteiger partial charge in [0.05, 0.1) is 6.07 Å². The van der Waals surface area contributed by atoms with Crippen LogP contribution in [-0.2, 0) is 4.79 Å². The molecule has 1 aromatic carbocycles. The van der Waals surface area contributed by atoms with Gasteiger partial charge < -0.3 is 10.6 Å². The fourth-order valence-electron chi connectivity index (χ4n) is 2.39. The highest BCUT2D eigenvalue weighted by Gasteiger charge is 2.22. The molecule has 0 heterocycles. The first-order valence-electron chi connectivity index (χ1n) is 8.44. The van der Waals surface area contributed by atoms with Gasteiger partial charge in [0.2, 0.25) is 5.91 Å². The van der Waals surface area contributed by atoms with Crippen LogP contribution in [0.1, 0.15) is 62.4 Å². The Morgan fingerprint density at radius 2 is 1.79 bits per heavy atom. The van der Waals surface area contributed by atoms with E-state index in [4.69, 9.17) is 5.26 Å². The third-order valence-electron chi connectivity index (χ3n) is 4.02. The Kier molecular flexibility index (Phi) is 7.97. The van der Waals surface area contributed by atoms with Crippen LogP contribution in [0.15, 0.2) is 24.3 Å². The predicted octanol–water partition coefficient (Wildman–Crippen LogP) is 2.98. The normalized spacial score (nSPS) is 13.0. The maximum Gasteiger partial charge on any atom is 0.251 e. The van der Waals surface area contributed by atoms with E-state index < -0.39 is 6.04 Å². The summed E-state index contributed by atoms with van der Waals surface area (Å²) in [7, 11) is 0. The monoisotopic (exact) mass is 329 g/mol. The molecule has 1 unspecified atom stereocenters. The van der Waals surface area contributed by atoms with E-state index in [-0.39, 0.29) is 24.3 Å². The molecular formula is C19H27N3O2. The van der Waals surface area contributed by atoms with Crippen molar-refractivity contribution in [2.24, 2.45) is 5.92 Å². The molecule has 2 amide bonds. The zero-order valence-electron chi connectivity index (χ0n) is 14.9. The van der Waals surface area contributed by atoms with Gasteiger partial charge in [0.15, 0.2) is 0 Å². The number of hydrogen-bond acceptors (Lipinski definition) is 3. The number of rotatable bonds is 8. The standard InChI is InChI=1S/C19H27N3O2/c1-5-14(4)15-6-8-16(9-7-15)18(23)22-17(12-13(2)3)19(24)21-11-10-20/h6-9,13-14,17H,5,11-12H2,1-4H3,(H,21,24)(H,22,23)/t14?,17-/m0/s1. The highest BCUT2D eigenvalue weighted by molar-refractivity contribution is 5.97. The number of carbonyl (C=O) groups excluding carboxylic acids is 2. The van der Waals surface area contributed by atoms with Crippen LogP contribution in [0.2, 0.25) is 0 Å². The minimum Gasteiger partial charge on any atom is -0.341 e. The maximum absolute atomic E-state index is 12.4. The van der Waals surface area contributed by atoms with Crippen molar-refractivity contribution in [2.45, 2.75) is 52.5 Å². The molecule has 24 heavy (non-hydrogen) atoms. The van der Waals surface area contributed by atoms with Crippen LogP contribution in [-0.4, -0.2) is 24.4 Å². The Bertz CT molecular complexity index is 588. The highest BCUT2D eigenvalue weighted by atomic mass is 16.2. The Morgan fingerprint density at radius 3 is 2.29 bits per heavy atom. The summed E-state index contributed by atoms with van der Waals surface area (Å²) in [6.45, 7) is 8.18. The second kappa shape index (κ2) is 9.71. The minimum absolute atomic E-state index is 0.0626. The number of hydrogen-bond donors (Lipinski definition) is 2. The number of benzene rings is 1. The Hall–Kier alpha value is -2.35. The molecule has 0 saturated heterocycles. The lowest BCUT2D eigenvalue weighted by Crippen LogP contribution is -2.47. The van der Waals surface area contributed by atoms with Gasteiger partial charge in [0, 0.05) is 5.56 Å². The van der Waals surface area contributed by atoms with E-state index in [1.807, 2.05) is 32.0 Å². The predicted molar refractivity (Wildman–Crippen MR) is 94.5 cm³/mol. The maximum atomic E-state index is 12.4. The minimum atomic E-state index is -0.639. The van der Waals surface area contributed by atoms with Crippen LogP contribution in [0.25, 0.3) is 0 Å². The van der Waals surface area contributed by atoms with Gasteiger partial charge in [-0.1, -0.05) is 39.8 Å². The van der Waals surface area contributed by atoms with Crippen molar-refractivity contribution in [3.8, 4) is 6.07 Å². The summed E-state index contributed by atoms with van der Waals surface area (Å²) >= 11 is 0. The molecule has 0 spiro atoms. The summed E-state index contributed by atoms with van der Waals surface area (Å²) in [5.74, 6) is 0.0989. The summed E-state index contributed by atoms with van der Waals surface area (Å²) in [6.07, 6.45) is 1.56. The number of amides is 2. The molecular weight excluding hydrogens is 302 g/mol. The zero-order valence-corrected chi connectivity index (χ0v) is 14.9.